The molecular weight excluding hydrogens is 438 g/mol. The standard InChI is InChI=1S/C24H39N5O3S/c1-5-19-12-20-21(33-19)6-11-31-24(20)7-9-27(10-8-24)13-17(25)14-29(26)18-15-28(16-18)22(30)32-23(2,3)4/h12,14,18H,5-11,13,15-16,25-26H2,1-4H3/b17-14-. The zero-order valence-electron chi connectivity index (χ0n) is 20.4. The molecule has 1 aromatic rings. The Hall–Kier alpha value is -1.81. The molecule has 0 aliphatic carbocycles. The van der Waals surface area contributed by atoms with E-state index >= 15 is 0 Å². The lowest BCUT2D eigenvalue weighted by atomic mass is 9.82. The number of carbonyl (C=O) groups excluding carboxylic acids is 1. The van der Waals surface area contributed by atoms with Crippen LogP contribution in [0, 0.1) is 0 Å². The number of thiophene rings is 1. The Morgan fingerprint density at radius 1 is 1.36 bits per heavy atom. The molecule has 184 valence electrons. The van der Waals surface area contributed by atoms with Crippen LogP contribution in [0.15, 0.2) is 18.0 Å². The summed E-state index contributed by atoms with van der Waals surface area (Å²) in [4.78, 5) is 19.1. The number of hydrazine groups is 1. The first-order valence-corrected chi connectivity index (χ1v) is 12.9. The summed E-state index contributed by atoms with van der Waals surface area (Å²) in [5.41, 5.74) is 7.89. The molecule has 9 heteroatoms. The summed E-state index contributed by atoms with van der Waals surface area (Å²) in [6.07, 6.45) is 5.63. The fourth-order valence-corrected chi connectivity index (χ4v) is 6.03. The molecule has 0 bridgehead atoms. The SMILES string of the molecule is CCc1cc2c(s1)CCOC21CCN(C/C(N)=C/N(N)C2CN(C(=O)OC(C)(C)C)C2)CC1. The molecule has 0 radical (unpaired) electrons. The molecule has 0 aromatic carbocycles. The maximum Gasteiger partial charge on any atom is 0.410 e. The predicted molar refractivity (Wildman–Crippen MR) is 131 cm³/mol. The van der Waals surface area contributed by atoms with Crippen LogP contribution in [0.5, 0.6) is 0 Å². The Morgan fingerprint density at radius 2 is 2.06 bits per heavy atom. The number of hydrogen-bond donors (Lipinski definition) is 2. The first-order chi connectivity index (χ1) is 15.6. The van der Waals surface area contributed by atoms with Gasteiger partial charge in [0.05, 0.1) is 18.2 Å². The highest BCUT2D eigenvalue weighted by atomic mass is 32.1. The summed E-state index contributed by atoms with van der Waals surface area (Å²) in [6.45, 7) is 12.3. The Balaban J connectivity index is 1.26. The van der Waals surface area contributed by atoms with Gasteiger partial charge >= 0.3 is 6.09 Å². The van der Waals surface area contributed by atoms with Gasteiger partial charge in [-0.1, -0.05) is 6.92 Å². The van der Waals surface area contributed by atoms with Crippen LogP contribution >= 0.6 is 11.3 Å². The van der Waals surface area contributed by atoms with E-state index in [9.17, 15) is 4.79 Å². The Morgan fingerprint density at radius 3 is 2.70 bits per heavy atom. The number of fused-ring (bicyclic) bond motifs is 2. The van der Waals surface area contributed by atoms with Crippen molar-refractivity contribution >= 4 is 17.4 Å². The second-order valence-electron chi connectivity index (χ2n) is 10.5. The molecule has 1 amide bonds. The van der Waals surface area contributed by atoms with Gasteiger partial charge in [0.1, 0.15) is 5.60 Å². The zero-order valence-corrected chi connectivity index (χ0v) is 21.2. The van der Waals surface area contributed by atoms with Crippen LogP contribution in [0.3, 0.4) is 0 Å². The van der Waals surface area contributed by atoms with E-state index in [-0.39, 0.29) is 17.7 Å². The second-order valence-corrected chi connectivity index (χ2v) is 11.7. The van der Waals surface area contributed by atoms with Gasteiger partial charge in [-0.3, -0.25) is 4.90 Å². The van der Waals surface area contributed by atoms with Gasteiger partial charge in [-0.15, -0.1) is 11.3 Å². The fourth-order valence-electron chi connectivity index (χ4n) is 4.85. The lowest BCUT2D eigenvalue weighted by Crippen LogP contribution is -2.62. The molecule has 0 saturated carbocycles. The minimum Gasteiger partial charge on any atom is -0.444 e. The third kappa shape index (κ3) is 5.48. The zero-order chi connectivity index (χ0) is 23.8. The van der Waals surface area contributed by atoms with Crippen LogP contribution in [0.25, 0.3) is 0 Å². The fraction of sp³-hybridized carbons (Fsp3) is 0.708. The van der Waals surface area contributed by atoms with E-state index in [2.05, 4.69) is 17.9 Å². The molecule has 3 aliphatic heterocycles. The van der Waals surface area contributed by atoms with Gasteiger partial charge in [-0.2, -0.15) is 0 Å². The molecule has 8 nitrogen and oxygen atoms in total. The summed E-state index contributed by atoms with van der Waals surface area (Å²) in [7, 11) is 0. The van der Waals surface area contributed by atoms with Crippen molar-refractivity contribution in [2.45, 2.75) is 70.6 Å². The highest BCUT2D eigenvalue weighted by Gasteiger charge is 2.42. The first-order valence-electron chi connectivity index (χ1n) is 12.0. The number of carbonyl (C=O) groups is 1. The minimum atomic E-state index is -0.492. The maximum atomic E-state index is 12.1. The molecule has 4 N–H and O–H groups in total. The van der Waals surface area contributed by atoms with Crippen molar-refractivity contribution in [2.24, 2.45) is 11.6 Å². The van der Waals surface area contributed by atoms with Crippen LogP contribution in [0.4, 0.5) is 4.79 Å². The molecule has 1 aromatic heterocycles. The van der Waals surface area contributed by atoms with E-state index in [1.165, 1.54) is 15.3 Å². The average Bonchev–Trinajstić information content (AvgIpc) is 3.12. The highest BCUT2D eigenvalue weighted by molar-refractivity contribution is 7.12. The lowest BCUT2D eigenvalue weighted by molar-refractivity contribution is -0.0961. The van der Waals surface area contributed by atoms with Crippen molar-refractivity contribution in [3.8, 4) is 0 Å². The second kappa shape index (κ2) is 9.44. The van der Waals surface area contributed by atoms with Gasteiger partial charge in [0.25, 0.3) is 0 Å². The summed E-state index contributed by atoms with van der Waals surface area (Å²) in [5.74, 6) is 6.22. The summed E-state index contributed by atoms with van der Waals surface area (Å²) in [6, 6.07) is 2.44. The first kappa shape index (κ1) is 24.3. The van der Waals surface area contributed by atoms with Crippen molar-refractivity contribution in [3.63, 3.8) is 0 Å². The molecule has 33 heavy (non-hydrogen) atoms. The predicted octanol–water partition coefficient (Wildman–Crippen LogP) is 2.77. The van der Waals surface area contributed by atoms with Crippen LogP contribution in [-0.2, 0) is 27.9 Å². The molecule has 2 fully saturated rings. The molecule has 0 unspecified atom stereocenters. The van der Waals surface area contributed by atoms with Crippen molar-refractivity contribution in [1.82, 2.24) is 14.8 Å². The average molecular weight is 478 g/mol. The van der Waals surface area contributed by atoms with Crippen LogP contribution < -0.4 is 11.6 Å². The Bertz CT molecular complexity index is 879. The minimum absolute atomic E-state index is 0.0566. The van der Waals surface area contributed by atoms with E-state index in [1.54, 1.807) is 9.91 Å². The number of rotatable bonds is 5. The van der Waals surface area contributed by atoms with Gasteiger partial charge < -0.3 is 25.1 Å². The number of ether oxygens (including phenoxy) is 2. The number of hydrogen-bond acceptors (Lipinski definition) is 8. The molecule has 0 atom stereocenters. The van der Waals surface area contributed by atoms with E-state index < -0.39 is 5.60 Å². The molecule has 2 saturated heterocycles. The van der Waals surface area contributed by atoms with Crippen LogP contribution in [-0.4, -0.2) is 71.9 Å². The monoisotopic (exact) mass is 477 g/mol. The number of piperidine rings is 1. The molecule has 1 spiro atoms. The van der Waals surface area contributed by atoms with Crippen molar-refractivity contribution in [3.05, 3.63) is 33.3 Å². The third-order valence-corrected chi connectivity index (χ3v) is 8.07. The third-order valence-electron chi connectivity index (χ3n) is 6.73. The van der Waals surface area contributed by atoms with Crippen LogP contribution in [0.1, 0.15) is 55.9 Å². The topological polar surface area (TPSA) is 97.3 Å². The number of amides is 1. The van der Waals surface area contributed by atoms with E-state index in [0.29, 0.717) is 19.6 Å². The van der Waals surface area contributed by atoms with Crippen molar-refractivity contribution in [2.75, 3.05) is 39.3 Å². The van der Waals surface area contributed by atoms with E-state index in [0.717, 1.165) is 51.1 Å². The number of nitrogens with zero attached hydrogens (tertiary/aromatic N) is 3. The van der Waals surface area contributed by atoms with Crippen LogP contribution in [0.2, 0.25) is 0 Å². The molecule has 3 aliphatic rings. The normalized spacial score (nSPS) is 21.6. The van der Waals surface area contributed by atoms with Gasteiger partial charge in [-0.05, 0) is 51.7 Å². The molecule has 4 rings (SSSR count). The summed E-state index contributed by atoms with van der Waals surface area (Å²) in [5, 5.41) is 1.63. The lowest BCUT2D eigenvalue weighted by Gasteiger charge is -2.44. The van der Waals surface area contributed by atoms with Gasteiger partial charge in [-0.25, -0.2) is 10.6 Å². The Labute approximate surface area is 201 Å². The van der Waals surface area contributed by atoms with Crippen molar-refractivity contribution in [1.29, 1.82) is 0 Å². The molecule has 4 heterocycles. The van der Waals surface area contributed by atoms with Gasteiger partial charge in [0.2, 0.25) is 0 Å². The van der Waals surface area contributed by atoms with E-state index in [1.807, 2.05) is 38.3 Å². The quantitative estimate of drug-likeness (QED) is 0.497. The van der Waals surface area contributed by atoms with Gasteiger partial charge in [0.15, 0.2) is 0 Å². The summed E-state index contributed by atoms with van der Waals surface area (Å²) < 4.78 is 11.8. The number of likely N-dealkylation sites (tertiary alicyclic amines) is 2. The van der Waals surface area contributed by atoms with E-state index in [4.69, 9.17) is 21.1 Å². The number of nitrogens with two attached hydrogens (primary N) is 2. The highest BCUT2D eigenvalue weighted by Crippen LogP contribution is 2.44. The Kier molecular flexibility index (Phi) is 6.96. The number of aryl methyl sites for hydroxylation is 1. The smallest absolute Gasteiger partial charge is 0.410 e. The molecular formula is C24H39N5O3S. The van der Waals surface area contributed by atoms with Gasteiger partial charge in [0, 0.05) is 60.8 Å². The largest absolute Gasteiger partial charge is 0.444 e. The van der Waals surface area contributed by atoms with Crippen molar-refractivity contribution < 1.29 is 14.3 Å². The maximum absolute atomic E-state index is 12.1. The summed E-state index contributed by atoms with van der Waals surface area (Å²) >= 11 is 1.96.